The number of hydrogen-bond acceptors (Lipinski definition) is 4. The third-order valence-electron chi connectivity index (χ3n) is 4.43. The Balaban J connectivity index is 1.46. The Morgan fingerprint density at radius 2 is 2.30 bits per heavy atom. The van der Waals surface area contributed by atoms with Crippen LogP contribution in [0.25, 0.3) is 0 Å². The maximum absolute atomic E-state index is 11.9. The Bertz CT molecular complexity index is 452. The molecule has 0 bridgehead atoms. The van der Waals surface area contributed by atoms with Crippen LogP contribution in [0.1, 0.15) is 18.4 Å². The maximum atomic E-state index is 11.9. The average Bonchev–Trinajstić information content (AvgIpc) is 3.04. The normalized spacial score (nSPS) is 21.4. The summed E-state index contributed by atoms with van der Waals surface area (Å²) in [5, 5.41) is 0. The lowest BCUT2D eigenvalue weighted by molar-refractivity contribution is -0.143. The molecule has 0 aromatic carbocycles. The van der Waals surface area contributed by atoms with E-state index in [1.165, 1.54) is 12.0 Å². The average molecular weight is 278 g/mol. The number of rotatable bonds is 5. The maximum Gasteiger partial charge on any atom is 0.224 e. The highest BCUT2D eigenvalue weighted by Crippen LogP contribution is 2.40. The molecule has 1 amide bonds. The zero-order valence-corrected chi connectivity index (χ0v) is 12.0. The standard InChI is InChI=1S/C15H22N2O3/c1-19-6-3-14(18)17-11-15(12-17)4-5-16(10-15)8-13-2-7-20-9-13/h2,7,9H,3-6,8,10-12H2,1H3. The van der Waals surface area contributed by atoms with E-state index < -0.39 is 0 Å². The molecular weight excluding hydrogens is 256 g/mol. The van der Waals surface area contributed by atoms with Crippen LogP contribution in [0.5, 0.6) is 0 Å². The van der Waals surface area contributed by atoms with E-state index in [4.69, 9.17) is 9.15 Å². The number of carbonyl (C=O) groups is 1. The molecule has 110 valence electrons. The first kappa shape index (κ1) is 13.6. The molecule has 3 heterocycles. The van der Waals surface area contributed by atoms with E-state index in [9.17, 15) is 4.79 Å². The van der Waals surface area contributed by atoms with Crippen LogP contribution in [0.2, 0.25) is 0 Å². The smallest absolute Gasteiger partial charge is 0.224 e. The second kappa shape index (κ2) is 5.58. The molecule has 3 rings (SSSR count). The van der Waals surface area contributed by atoms with Gasteiger partial charge in [0.05, 0.1) is 25.6 Å². The summed E-state index contributed by atoms with van der Waals surface area (Å²) >= 11 is 0. The molecule has 5 heteroatoms. The van der Waals surface area contributed by atoms with Crippen LogP contribution in [0.15, 0.2) is 23.0 Å². The van der Waals surface area contributed by atoms with Crippen molar-refractivity contribution in [1.82, 2.24) is 9.80 Å². The fourth-order valence-corrected chi connectivity index (χ4v) is 3.35. The van der Waals surface area contributed by atoms with Gasteiger partial charge in [0.2, 0.25) is 5.91 Å². The van der Waals surface area contributed by atoms with Gasteiger partial charge in [-0.3, -0.25) is 9.69 Å². The number of furan rings is 1. The summed E-state index contributed by atoms with van der Waals surface area (Å²) < 4.78 is 10.1. The van der Waals surface area contributed by atoms with Crippen molar-refractivity contribution in [3.05, 3.63) is 24.2 Å². The van der Waals surface area contributed by atoms with Crippen molar-refractivity contribution in [2.24, 2.45) is 5.41 Å². The second-order valence-electron chi connectivity index (χ2n) is 6.08. The third-order valence-corrected chi connectivity index (χ3v) is 4.43. The first-order chi connectivity index (χ1) is 9.71. The van der Waals surface area contributed by atoms with Crippen LogP contribution in [0.4, 0.5) is 0 Å². The zero-order valence-electron chi connectivity index (χ0n) is 12.0. The molecule has 0 saturated carbocycles. The molecule has 0 atom stereocenters. The van der Waals surface area contributed by atoms with Gasteiger partial charge in [0.1, 0.15) is 0 Å². The fourth-order valence-electron chi connectivity index (χ4n) is 3.35. The zero-order chi connectivity index (χ0) is 14.0. The van der Waals surface area contributed by atoms with Gasteiger partial charge >= 0.3 is 0 Å². The molecule has 2 saturated heterocycles. The molecule has 2 aliphatic rings. The summed E-state index contributed by atoms with van der Waals surface area (Å²) in [5.74, 6) is 0.228. The Kier molecular flexibility index (Phi) is 3.81. The van der Waals surface area contributed by atoms with E-state index in [1.807, 2.05) is 17.2 Å². The number of nitrogens with zero attached hydrogens (tertiary/aromatic N) is 2. The van der Waals surface area contributed by atoms with Gasteiger partial charge in [0.25, 0.3) is 0 Å². The van der Waals surface area contributed by atoms with E-state index >= 15 is 0 Å². The van der Waals surface area contributed by atoms with E-state index in [2.05, 4.69) is 4.90 Å². The molecule has 1 aromatic rings. The van der Waals surface area contributed by atoms with Crippen molar-refractivity contribution < 1.29 is 13.9 Å². The van der Waals surface area contributed by atoms with Gasteiger partial charge in [-0.15, -0.1) is 0 Å². The molecule has 0 aliphatic carbocycles. The lowest BCUT2D eigenvalue weighted by Crippen LogP contribution is -2.59. The number of ether oxygens (including phenoxy) is 1. The first-order valence-corrected chi connectivity index (χ1v) is 7.21. The minimum absolute atomic E-state index is 0.228. The van der Waals surface area contributed by atoms with Gasteiger partial charge in [-0.2, -0.15) is 0 Å². The Morgan fingerprint density at radius 3 is 3.00 bits per heavy atom. The molecular formula is C15H22N2O3. The summed E-state index contributed by atoms with van der Waals surface area (Å²) in [5.41, 5.74) is 1.57. The van der Waals surface area contributed by atoms with Crippen LogP contribution in [0, 0.1) is 5.41 Å². The van der Waals surface area contributed by atoms with Crippen molar-refractivity contribution in [2.75, 3.05) is 39.9 Å². The molecule has 1 spiro atoms. The predicted molar refractivity (Wildman–Crippen MR) is 74.1 cm³/mol. The van der Waals surface area contributed by atoms with Crippen LogP contribution >= 0.6 is 0 Å². The molecule has 20 heavy (non-hydrogen) atoms. The summed E-state index contributed by atoms with van der Waals surface area (Å²) in [6.07, 6.45) is 5.23. The van der Waals surface area contributed by atoms with Crippen LogP contribution < -0.4 is 0 Å². The summed E-state index contributed by atoms with van der Waals surface area (Å²) in [6.45, 7) is 5.51. The van der Waals surface area contributed by atoms with E-state index in [0.29, 0.717) is 18.4 Å². The molecule has 0 radical (unpaired) electrons. The number of hydrogen-bond donors (Lipinski definition) is 0. The van der Waals surface area contributed by atoms with Crippen molar-refractivity contribution in [2.45, 2.75) is 19.4 Å². The molecule has 1 aromatic heterocycles. The molecule has 2 aliphatic heterocycles. The predicted octanol–water partition coefficient (Wildman–Crippen LogP) is 1.35. The highest BCUT2D eigenvalue weighted by molar-refractivity contribution is 5.77. The van der Waals surface area contributed by atoms with Gasteiger partial charge in [-0.1, -0.05) is 0 Å². The van der Waals surface area contributed by atoms with Gasteiger partial charge in [0.15, 0.2) is 0 Å². The minimum Gasteiger partial charge on any atom is -0.472 e. The Hall–Kier alpha value is -1.33. The van der Waals surface area contributed by atoms with Crippen LogP contribution in [0.3, 0.4) is 0 Å². The fraction of sp³-hybridized carbons (Fsp3) is 0.667. The van der Waals surface area contributed by atoms with Crippen LogP contribution in [-0.2, 0) is 16.1 Å². The highest BCUT2D eigenvalue weighted by Gasteiger charge is 2.48. The molecule has 0 N–H and O–H groups in total. The van der Waals surface area contributed by atoms with Crippen molar-refractivity contribution in [3.8, 4) is 0 Å². The van der Waals surface area contributed by atoms with Crippen molar-refractivity contribution in [3.63, 3.8) is 0 Å². The molecule has 0 unspecified atom stereocenters. The van der Waals surface area contributed by atoms with Gasteiger partial charge < -0.3 is 14.1 Å². The third kappa shape index (κ3) is 2.74. The number of likely N-dealkylation sites (tertiary alicyclic amines) is 2. The summed E-state index contributed by atoms with van der Waals surface area (Å²) in [7, 11) is 1.63. The Morgan fingerprint density at radius 1 is 1.45 bits per heavy atom. The van der Waals surface area contributed by atoms with Gasteiger partial charge in [-0.25, -0.2) is 0 Å². The van der Waals surface area contributed by atoms with E-state index in [1.54, 1.807) is 13.4 Å². The summed E-state index contributed by atoms with van der Waals surface area (Å²) in [6, 6.07) is 2.02. The largest absolute Gasteiger partial charge is 0.472 e. The van der Waals surface area contributed by atoms with Gasteiger partial charge in [0, 0.05) is 44.3 Å². The van der Waals surface area contributed by atoms with E-state index in [-0.39, 0.29) is 5.91 Å². The second-order valence-corrected chi connectivity index (χ2v) is 6.08. The van der Waals surface area contributed by atoms with Crippen molar-refractivity contribution in [1.29, 1.82) is 0 Å². The number of methoxy groups -OCH3 is 1. The molecule has 2 fully saturated rings. The van der Waals surface area contributed by atoms with Crippen LogP contribution in [-0.4, -0.2) is 55.6 Å². The SMILES string of the molecule is COCCC(=O)N1CC2(CCN(Cc3ccoc3)C2)C1. The quantitative estimate of drug-likeness (QED) is 0.815. The number of amides is 1. The topological polar surface area (TPSA) is 45.9 Å². The van der Waals surface area contributed by atoms with Gasteiger partial charge in [-0.05, 0) is 19.0 Å². The van der Waals surface area contributed by atoms with E-state index in [0.717, 1.165) is 32.7 Å². The highest BCUT2D eigenvalue weighted by atomic mass is 16.5. The lowest BCUT2D eigenvalue weighted by Gasteiger charge is -2.48. The molecule has 5 nitrogen and oxygen atoms in total. The number of carbonyl (C=O) groups excluding carboxylic acids is 1. The Labute approximate surface area is 119 Å². The lowest BCUT2D eigenvalue weighted by atomic mass is 9.79. The summed E-state index contributed by atoms with van der Waals surface area (Å²) in [4.78, 5) is 16.3. The van der Waals surface area contributed by atoms with Crippen molar-refractivity contribution >= 4 is 5.91 Å². The first-order valence-electron chi connectivity index (χ1n) is 7.21. The monoisotopic (exact) mass is 278 g/mol. The minimum atomic E-state index is 0.228.